The molecule has 0 saturated carbocycles. The third-order valence-corrected chi connectivity index (χ3v) is 4.89. The summed E-state index contributed by atoms with van der Waals surface area (Å²) in [6.07, 6.45) is 2.54. The molecule has 18 heavy (non-hydrogen) atoms. The molecule has 0 spiro atoms. The van der Waals surface area contributed by atoms with Crippen molar-refractivity contribution in [1.29, 1.82) is 0 Å². The fourth-order valence-corrected chi connectivity index (χ4v) is 3.50. The molecular weight excluding hydrogens is 242 g/mol. The van der Waals surface area contributed by atoms with E-state index >= 15 is 0 Å². The van der Waals surface area contributed by atoms with Crippen LogP contribution in [0.15, 0.2) is 0 Å². The number of hydrogen-bond donors (Lipinski definition) is 1. The molecule has 0 amide bonds. The number of nitrogens with one attached hydrogen (secondary N) is 1. The molecule has 0 aliphatic carbocycles. The topological polar surface area (TPSA) is 28.2 Å². The lowest BCUT2D eigenvalue weighted by atomic mass is 10.1. The first-order valence-corrected chi connectivity index (χ1v) is 7.82. The summed E-state index contributed by atoms with van der Waals surface area (Å²) in [5.41, 5.74) is 1.20. The van der Waals surface area contributed by atoms with Gasteiger partial charge in [0.1, 0.15) is 5.01 Å². The lowest BCUT2D eigenvalue weighted by molar-refractivity contribution is 0.129. The van der Waals surface area contributed by atoms with Crippen molar-refractivity contribution in [2.24, 2.45) is 0 Å². The second-order valence-electron chi connectivity index (χ2n) is 5.42. The van der Waals surface area contributed by atoms with Crippen molar-refractivity contribution in [3.05, 3.63) is 15.6 Å². The van der Waals surface area contributed by atoms with Crippen molar-refractivity contribution in [3.8, 4) is 0 Å². The molecule has 2 unspecified atom stereocenters. The van der Waals surface area contributed by atoms with Crippen LogP contribution in [0.25, 0.3) is 0 Å². The second-order valence-corrected chi connectivity index (χ2v) is 6.71. The van der Waals surface area contributed by atoms with E-state index in [0.29, 0.717) is 12.1 Å². The summed E-state index contributed by atoms with van der Waals surface area (Å²) in [7, 11) is 0. The van der Waals surface area contributed by atoms with Crippen LogP contribution in [0.1, 0.15) is 42.3 Å². The fraction of sp³-hybridized carbons (Fsp3) is 0.786. The maximum Gasteiger partial charge on any atom is 0.107 e. The third-order valence-electron chi connectivity index (χ3n) is 3.83. The molecule has 0 radical (unpaired) electrons. The monoisotopic (exact) mass is 267 g/mol. The van der Waals surface area contributed by atoms with E-state index in [-0.39, 0.29) is 0 Å². The summed E-state index contributed by atoms with van der Waals surface area (Å²) in [5, 5.41) is 4.92. The number of nitrogens with zero attached hydrogens (tertiary/aromatic N) is 2. The zero-order valence-electron chi connectivity index (χ0n) is 12.0. The van der Waals surface area contributed by atoms with Gasteiger partial charge >= 0.3 is 0 Å². The normalized spacial score (nSPS) is 25.6. The van der Waals surface area contributed by atoms with Crippen molar-refractivity contribution in [1.82, 2.24) is 15.2 Å². The lowest BCUT2D eigenvalue weighted by Gasteiger charge is -2.38. The fourth-order valence-electron chi connectivity index (χ4n) is 2.54. The molecule has 1 aromatic rings. The van der Waals surface area contributed by atoms with Crippen LogP contribution in [0.5, 0.6) is 0 Å². The van der Waals surface area contributed by atoms with Crippen LogP contribution in [-0.4, -0.2) is 35.1 Å². The Morgan fingerprint density at radius 1 is 1.44 bits per heavy atom. The number of aryl methyl sites for hydroxylation is 2. The Morgan fingerprint density at radius 3 is 2.83 bits per heavy atom. The van der Waals surface area contributed by atoms with Gasteiger partial charge in [0.15, 0.2) is 0 Å². The Bertz CT molecular complexity index is 369. The first-order chi connectivity index (χ1) is 8.60. The van der Waals surface area contributed by atoms with Gasteiger partial charge in [-0.05, 0) is 27.2 Å². The van der Waals surface area contributed by atoms with E-state index in [4.69, 9.17) is 0 Å². The molecule has 1 saturated heterocycles. The Labute approximate surface area is 115 Å². The molecule has 1 N–H and O–H groups in total. The van der Waals surface area contributed by atoms with Crippen molar-refractivity contribution >= 4 is 11.3 Å². The Hall–Kier alpha value is -0.450. The summed E-state index contributed by atoms with van der Waals surface area (Å²) in [6.45, 7) is 12.1. The lowest BCUT2D eigenvalue weighted by Crippen LogP contribution is -2.54. The molecule has 1 aromatic heterocycles. The van der Waals surface area contributed by atoms with Gasteiger partial charge in [-0.25, -0.2) is 4.98 Å². The highest BCUT2D eigenvalue weighted by Gasteiger charge is 2.25. The summed E-state index contributed by atoms with van der Waals surface area (Å²) in [4.78, 5) is 8.60. The maximum absolute atomic E-state index is 4.67. The summed E-state index contributed by atoms with van der Waals surface area (Å²) in [6, 6.07) is 1.27. The number of thiazole rings is 1. The van der Waals surface area contributed by atoms with Gasteiger partial charge in [-0.2, -0.15) is 0 Å². The molecule has 0 bridgehead atoms. The third kappa shape index (κ3) is 3.31. The summed E-state index contributed by atoms with van der Waals surface area (Å²) >= 11 is 1.85. The SMILES string of the molecule is CCCC1CN(Cc2nc(C)c(C)s2)C(C)CN1. The Morgan fingerprint density at radius 2 is 2.22 bits per heavy atom. The first-order valence-electron chi connectivity index (χ1n) is 7.00. The average molecular weight is 267 g/mol. The van der Waals surface area contributed by atoms with E-state index in [1.807, 2.05) is 11.3 Å². The minimum atomic E-state index is 0.614. The van der Waals surface area contributed by atoms with Gasteiger partial charge in [0.2, 0.25) is 0 Å². The van der Waals surface area contributed by atoms with Crippen molar-refractivity contribution in [2.45, 2.75) is 59.2 Å². The van der Waals surface area contributed by atoms with Gasteiger partial charge in [-0.15, -0.1) is 11.3 Å². The van der Waals surface area contributed by atoms with Crippen LogP contribution >= 0.6 is 11.3 Å². The highest BCUT2D eigenvalue weighted by molar-refractivity contribution is 7.11. The molecule has 2 heterocycles. The molecule has 1 fully saturated rings. The molecule has 102 valence electrons. The zero-order chi connectivity index (χ0) is 13.1. The second kappa shape index (κ2) is 6.13. The summed E-state index contributed by atoms with van der Waals surface area (Å²) in [5.74, 6) is 0. The molecule has 2 rings (SSSR count). The molecule has 0 aromatic carbocycles. The van der Waals surface area contributed by atoms with E-state index in [2.05, 4.69) is 42.9 Å². The van der Waals surface area contributed by atoms with E-state index in [0.717, 1.165) is 19.6 Å². The minimum Gasteiger partial charge on any atom is -0.311 e. The first kappa shape index (κ1) is 14.0. The number of hydrogen-bond acceptors (Lipinski definition) is 4. The predicted octanol–water partition coefficient (Wildman–Crippen LogP) is 2.72. The molecule has 2 atom stereocenters. The van der Waals surface area contributed by atoms with Crippen molar-refractivity contribution in [2.75, 3.05) is 13.1 Å². The smallest absolute Gasteiger partial charge is 0.107 e. The number of rotatable bonds is 4. The Balaban J connectivity index is 1.97. The van der Waals surface area contributed by atoms with E-state index in [1.54, 1.807) is 0 Å². The average Bonchev–Trinajstić information content (AvgIpc) is 2.63. The van der Waals surface area contributed by atoms with Crippen LogP contribution in [0.2, 0.25) is 0 Å². The molecule has 3 nitrogen and oxygen atoms in total. The molecule has 1 aliphatic heterocycles. The van der Waals surface area contributed by atoms with Crippen molar-refractivity contribution in [3.63, 3.8) is 0 Å². The van der Waals surface area contributed by atoms with Crippen LogP contribution in [0, 0.1) is 13.8 Å². The molecular formula is C14H25N3S. The predicted molar refractivity (Wildman–Crippen MR) is 78.2 cm³/mol. The number of piperazine rings is 1. The quantitative estimate of drug-likeness (QED) is 0.909. The van der Waals surface area contributed by atoms with Gasteiger partial charge in [-0.3, -0.25) is 4.90 Å². The Kier molecular flexibility index (Phi) is 4.76. The van der Waals surface area contributed by atoms with E-state index in [9.17, 15) is 0 Å². The zero-order valence-corrected chi connectivity index (χ0v) is 12.8. The molecule has 4 heteroatoms. The van der Waals surface area contributed by atoms with E-state index in [1.165, 1.54) is 28.4 Å². The maximum atomic E-state index is 4.67. The standard InChI is InChI=1S/C14H25N3S/c1-5-6-13-8-17(10(2)7-15-13)9-14-16-11(3)12(4)18-14/h10,13,15H,5-9H2,1-4H3. The van der Waals surface area contributed by atoms with Crippen molar-refractivity contribution < 1.29 is 0 Å². The molecule has 1 aliphatic rings. The van der Waals surface area contributed by atoms with Crippen LogP contribution in [0.3, 0.4) is 0 Å². The van der Waals surface area contributed by atoms with E-state index < -0.39 is 0 Å². The minimum absolute atomic E-state index is 0.614. The highest BCUT2D eigenvalue weighted by atomic mass is 32.1. The van der Waals surface area contributed by atoms with Crippen LogP contribution in [-0.2, 0) is 6.54 Å². The van der Waals surface area contributed by atoms with Crippen LogP contribution in [0.4, 0.5) is 0 Å². The van der Waals surface area contributed by atoms with Gasteiger partial charge in [0, 0.05) is 30.1 Å². The van der Waals surface area contributed by atoms with Gasteiger partial charge in [0.05, 0.1) is 12.2 Å². The largest absolute Gasteiger partial charge is 0.311 e. The van der Waals surface area contributed by atoms with Crippen LogP contribution < -0.4 is 5.32 Å². The van der Waals surface area contributed by atoms with Gasteiger partial charge < -0.3 is 5.32 Å². The van der Waals surface area contributed by atoms with Gasteiger partial charge in [-0.1, -0.05) is 13.3 Å². The highest BCUT2D eigenvalue weighted by Crippen LogP contribution is 2.20. The number of aromatic nitrogens is 1. The summed E-state index contributed by atoms with van der Waals surface area (Å²) < 4.78 is 0. The van der Waals surface area contributed by atoms with Gasteiger partial charge in [0.25, 0.3) is 0 Å².